The number of halogens is 2. The van der Waals surface area contributed by atoms with E-state index in [0.29, 0.717) is 32.7 Å². The first-order chi connectivity index (χ1) is 18.4. The van der Waals surface area contributed by atoms with E-state index in [2.05, 4.69) is 13.2 Å². The number of benzene rings is 2. The maximum atomic E-state index is 11.5. The van der Waals surface area contributed by atoms with E-state index in [1.54, 1.807) is 26.0 Å². The van der Waals surface area contributed by atoms with Gasteiger partial charge in [-0.2, -0.15) is 0 Å². The molecule has 0 aliphatic heterocycles. The summed E-state index contributed by atoms with van der Waals surface area (Å²) in [6, 6.07) is 11.0. The number of hydrogen-bond donors (Lipinski definition) is 0. The molecule has 0 atom stereocenters. The van der Waals surface area contributed by atoms with E-state index in [1.165, 1.54) is 0 Å². The molecule has 0 spiro atoms. The third-order valence-corrected chi connectivity index (χ3v) is 5.89. The summed E-state index contributed by atoms with van der Waals surface area (Å²) >= 11 is 12.9. The van der Waals surface area contributed by atoms with Crippen molar-refractivity contribution in [3.05, 3.63) is 81.9 Å². The van der Waals surface area contributed by atoms with Gasteiger partial charge in [0.05, 0.1) is 10.0 Å². The molecule has 0 saturated heterocycles. The van der Waals surface area contributed by atoms with Crippen LogP contribution in [0.15, 0.2) is 60.7 Å². The maximum absolute atomic E-state index is 11.5. The molecule has 212 valence electrons. The Morgan fingerprint density at radius 3 is 1.41 bits per heavy atom. The first kappa shape index (κ1) is 31.9. The number of rotatable bonds is 14. The van der Waals surface area contributed by atoms with Crippen LogP contribution in [0, 0.1) is 0 Å². The lowest BCUT2D eigenvalue weighted by atomic mass is 9.78. The average molecular weight is 581 g/mol. The van der Waals surface area contributed by atoms with Gasteiger partial charge in [0.2, 0.25) is 0 Å². The summed E-state index contributed by atoms with van der Waals surface area (Å²) in [7, 11) is 0. The molecule has 0 unspecified atom stereocenters. The summed E-state index contributed by atoms with van der Waals surface area (Å²) in [6.45, 7) is 15.3. The summed E-state index contributed by atoms with van der Waals surface area (Å²) in [6.07, 6.45) is -1.57. The van der Waals surface area contributed by atoms with Crippen molar-refractivity contribution < 1.29 is 38.0 Å². The number of carbonyl (C=O) groups is 2. The van der Waals surface area contributed by atoms with E-state index in [4.69, 9.17) is 51.6 Å². The molecule has 2 rings (SSSR count). The summed E-state index contributed by atoms with van der Waals surface area (Å²) in [5.74, 6) is 0.922. The van der Waals surface area contributed by atoms with Gasteiger partial charge in [0.25, 0.3) is 0 Å². The van der Waals surface area contributed by atoms with E-state index in [-0.39, 0.29) is 39.6 Å². The van der Waals surface area contributed by atoms with Gasteiger partial charge in [-0.25, -0.2) is 9.59 Å². The molecule has 10 heteroatoms. The van der Waals surface area contributed by atoms with Gasteiger partial charge in [-0.3, -0.25) is 0 Å². The molecule has 0 bridgehead atoms. The molecule has 0 N–H and O–H groups in total. The minimum atomic E-state index is -0.785. The lowest BCUT2D eigenvalue weighted by Gasteiger charge is -2.27. The molecular formula is C29H34Cl2O8. The fourth-order valence-electron chi connectivity index (χ4n) is 3.18. The van der Waals surface area contributed by atoms with Crippen molar-refractivity contribution in [1.29, 1.82) is 0 Å². The Labute approximate surface area is 239 Å². The van der Waals surface area contributed by atoms with Gasteiger partial charge in [-0.1, -0.05) is 62.3 Å². The molecular weight excluding hydrogens is 547 g/mol. The topological polar surface area (TPSA) is 89.5 Å². The van der Waals surface area contributed by atoms with E-state index >= 15 is 0 Å². The fraction of sp³-hybridized carbons (Fsp3) is 0.379. The van der Waals surface area contributed by atoms with Crippen molar-refractivity contribution in [3.8, 4) is 11.5 Å². The summed E-state index contributed by atoms with van der Waals surface area (Å²) in [4.78, 5) is 23.0. The molecule has 0 aliphatic rings. The Hall–Kier alpha value is -3.36. The molecule has 0 fully saturated rings. The lowest BCUT2D eigenvalue weighted by Crippen LogP contribution is -2.19. The van der Waals surface area contributed by atoms with Crippen LogP contribution in [0.1, 0.15) is 38.8 Å². The van der Waals surface area contributed by atoms with Crippen molar-refractivity contribution in [1.82, 2.24) is 0 Å². The zero-order chi connectivity index (χ0) is 29.0. The van der Waals surface area contributed by atoms with Gasteiger partial charge < -0.3 is 28.4 Å². The smallest absolute Gasteiger partial charge is 0.488 e. The molecule has 0 saturated carbocycles. The molecule has 0 aromatic heterocycles. The Kier molecular flexibility index (Phi) is 12.5. The average Bonchev–Trinajstić information content (AvgIpc) is 2.87. The van der Waals surface area contributed by atoms with E-state index < -0.39 is 17.7 Å². The molecule has 8 nitrogen and oxygen atoms in total. The van der Waals surface area contributed by atoms with Crippen molar-refractivity contribution in [3.63, 3.8) is 0 Å². The monoisotopic (exact) mass is 580 g/mol. The summed E-state index contributed by atoms with van der Waals surface area (Å²) < 4.78 is 30.9. The second-order valence-electron chi connectivity index (χ2n) is 9.30. The zero-order valence-electron chi connectivity index (χ0n) is 22.6. The normalized spacial score (nSPS) is 10.8. The van der Waals surface area contributed by atoms with Crippen LogP contribution in [-0.2, 0) is 24.4 Å². The minimum absolute atomic E-state index is 0.0106. The van der Waals surface area contributed by atoms with Crippen LogP contribution in [0.3, 0.4) is 0 Å². The highest BCUT2D eigenvalue weighted by Crippen LogP contribution is 2.38. The van der Waals surface area contributed by atoms with E-state index in [1.807, 2.05) is 38.1 Å². The van der Waals surface area contributed by atoms with Crippen LogP contribution in [-0.4, -0.2) is 52.0 Å². The first-order valence-corrected chi connectivity index (χ1v) is 12.9. The SMILES string of the molecule is C=C(C)COC(=O)OCCOc1ccc(C(C)(C)c2ccc(OCCOC(=O)OCC(=C)C)c(Cl)c2)cc1Cl. The molecule has 0 heterocycles. The van der Waals surface area contributed by atoms with Crippen LogP contribution in [0.2, 0.25) is 10.0 Å². The van der Waals surface area contributed by atoms with E-state index in [9.17, 15) is 9.59 Å². The van der Waals surface area contributed by atoms with Gasteiger partial charge in [0.1, 0.15) is 51.1 Å². The number of ether oxygens (including phenoxy) is 6. The van der Waals surface area contributed by atoms with Crippen LogP contribution in [0.25, 0.3) is 0 Å². The highest BCUT2D eigenvalue weighted by Gasteiger charge is 2.25. The van der Waals surface area contributed by atoms with Gasteiger partial charge in [-0.15, -0.1) is 0 Å². The third-order valence-electron chi connectivity index (χ3n) is 5.30. The molecule has 2 aromatic rings. The van der Waals surface area contributed by atoms with Crippen LogP contribution >= 0.6 is 23.2 Å². The molecule has 0 radical (unpaired) electrons. The molecule has 2 aromatic carbocycles. The fourth-order valence-corrected chi connectivity index (χ4v) is 3.65. The number of carbonyl (C=O) groups excluding carboxylic acids is 2. The highest BCUT2D eigenvalue weighted by atomic mass is 35.5. The minimum Gasteiger partial charge on any atom is -0.488 e. The van der Waals surface area contributed by atoms with Crippen molar-refractivity contribution in [2.45, 2.75) is 33.1 Å². The molecule has 39 heavy (non-hydrogen) atoms. The molecule has 0 amide bonds. The largest absolute Gasteiger partial charge is 0.508 e. The Morgan fingerprint density at radius 1 is 0.692 bits per heavy atom. The highest BCUT2D eigenvalue weighted by molar-refractivity contribution is 6.32. The Morgan fingerprint density at radius 2 is 1.08 bits per heavy atom. The zero-order valence-corrected chi connectivity index (χ0v) is 24.2. The quantitative estimate of drug-likeness (QED) is 0.128. The van der Waals surface area contributed by atoms with Crippen LogP contribution in [0.5, 0.6) is 11.5 Å². The third kappa shape index (κ3) is 10.7. The van der Waals surface area contributed by atoms with Crippen molar-refractivity contribution >= 4 is 35.5 Å². The predicted octanol–water partition coefficient (Wildman–Crippen LogP) is 7.54. The predicted molar refractivity (Wildman–Crippen MR) is 150 cm³/mol. The standard InChI is InChI=1S/C29H34Cl2O8/c1-19(2)17-38-27(32)36-13-11-34-25-9-7-21(15-23(25)30)29(5,6)22-8-10-26(24(31)16-22)35-12-14-37-28(33)39-18-20(3)4/h7-10,15-16H,1,3,11-14,17-18H2,2,4-6H3. The molecule has 0 aliphatic carbocycles. The Bertz CT molecular complexity index is 1090. The summed E-state index contributed by atoms with van der Waals surface area (Å²) in [5.41, 5.74) is 2.85. The van der Waals surface area contributed by atoms with Gasteiger partial charge in [0, 0.05) is 5.41 Å². The van der Waals surface area contributed by atoms with Crippen LogP contribution < -0.4 is 9.47 Å². The second-order valence-corrected chi connectivity index (χ2v) is 10.1. The van der Waals surface area contributed by atoms with Crippen molar-refractivity contribution in [2.24, 2.45) is 0 Å². The summed E-state index contributed by atoms with van der Waals surface area (Å²) in [5, 5.41) is 0.830. The van der Waals surface area contributed by atoms with Gasteiger partial charge in [-0.05, 0) is 60.4 Å². The van der Waals surface area contributed by atoms with Gasteiger partial charge in [0.15, 0.2) is 0 Å². The van der Waals surface area contributed by atoms with E-state index in [0.717, 1.165) is 11.1 Å². The lowest BCUT2D eigenvalue weighted by molar-refractivity contribution is 0.0511. The second kappa shape index (κ2) is 15.3. The van der Waals surface area contributed by atoms with Crippen LogP contribution in [0.4, 0.5) is 9.59 Å². The van der Waals surface area contributed by atoms with Gasteiger partial charge >= 0.3 is 12.3 Å². The maximum Gasteiger partial charge on any atom is 0.508 e. The van der Waals surface area contributed by atoms with Crippen molar-refractivity contribution in [2.75, 3.05) is 39.6 Å². The first-order valence-electron chi connectivity index (χ1n) is 12.1. The Balaban J connectivity index is 1.91. The number of hydrogen-bond acceptors (Lipinski definition) is 8.